The van der Waals surface area contributed by atoms with Gasteiger partial charge in [-0.3, -0.25) is 0 Å². The van der Waals surface area contributed by atoms with E-state index >= 15 is 0 Å². The Labute approximate surface area is 541 Å². The smallest absolute Gasteiger partial charge is 0.143 e. The predicted octanol–water partition coefficient (Wildman–Crippen LogP) is 25.7. The second kappa shape index (κ2) is 23.6. The van der Waals surface area contributed by atoms with Crippen molar-refractivity contribution >= 4 is 88.4 Å². The molecule has 1 heterocycles. The Morgan fingerprint density at radius 3 is 1.26 bits per heavy atom. The fourth-order valence-corrected chi connectivity index (χ4v) is 13.9. The van der Waals surface area contributed by atoms with Gasteiger partial charge < -0.3 is 14.2 Å². The first kappa shape index (κ1) is 54.8. The van der Waals surface area contributed by atoms with Crippen LogP contribution >= 0.6 is 0 Å². The lowest BCUT2D eigenvalue weighted by Crippen LogP contribution is -2.12. The summed E-state index contributed by atoms with van der Waals surface area (Å²) < 4.78 is 6.74. The van der Waals surface area contributed by atoms with Crippen LogP contribution in [0.2, 0.25) is 0 Å². The highest BCUT2D eigenvalue weighted by atomic mass is 16.3. The summed E-state index contributed by atoms with van der Waals surface area (Å²) in [6, 6.07) is 132. The lowest BCUT2D eigenvalue weighted by molar-refractivity contribution is 0.670. The average Bonchev–Trinajstić information content (AvgIpc) is 1.71. The Morgan fingerprint density at radius 1 is 0.183 bits per heavy atom. The number of para-hydroxylation sites is 2. The molecule has 0 N–H and O–H groups in total. The minimum atomic E-state index is 0.867. The second-order valence-corrected chi connectivity index (χ2v) is 23.9. The number of rotatable bonds is 13. The van der Waals surface area contributed by atoms with Gasteiger partial charge in [-0.05, 0) is 184 Å². The standard InChI is InChI=1S/C90H60N2O/c1-3-19-64(20-4-1)80-56-57-81(85-31-12-11-30-84(80)85)68-44-53-74(54-45-68)91(73-51-42-67(43-52-73)79-32-16-25-65-23-9-10-28-78(65)79)77-27-15-26-72(59-77)82-29-13-14-35-88(82)92(75-47-38-62(39-48-75)70-37-36-61-18-7-8-24-69(61)58-70)76-49-40-63(41-50-76)71-46-55-86-87-34-17-33-83(66-21-5-2-6-22-66)90(87)93-89(86)60-71/h1-60H. The fourth-order valence-electron chi connectivity index (χ4n) is 13.9. The van der Waals surface area contributed by atoms with Crippen LogP contribution in [0.5, 0.6) is 0 Å². The molecule has 0 aliphatic carbocycles. The molecule has 3 heteroatoms. The van der Waals surface area contributed by atoms with Gasteiger partial charge in [0, 0.05) is 50.3 Å². The Bertz CT molecular complexity index is 5590. The lowest BCUT2D eigenvalue weighted by atomic mass is 9.92. The zero-order valence-corrected chi connectivity index (χ0v) is 50.9. The first-order chi connectivity index (χ1) is 46.1. The minimum absolute atomic E-state index is 0.867. The normalized spacial score (nSPS) is 11.4. The van der Waals surface area contributed by atoms with Gasteiger partial charge in [-0.2, -0.15) is 0 Å². The molecule has 0 spiro atoms. The summed E-state index contributed by atoms with van der Waals surface area (Å²) in [7, 11) is 0. The molecule has 0 aliphatic heterocycles. The van der Waals surface area contributed by atoms with Gasteiger partial charge in [0.2, 0.25) is 0 Å². The fraction of sp³-hybridized carbons (Fsp3) is 0. The third-order valence-corrected chi connectivity index (χ3v) is 18.5. The van der Waals surface area contributed by atoms with Crippen molar-refractivity contribution in [2.45, 2.75) is 0 Å². The maximum atomic E-state index is 6.74. The van der Waals surface area contributed by atoms with Gasteiger partial charge in [-0.1, -0.05) is 279 Å². The van der Waals surface area contributed by atoms with Gasteiger partial charge in [0.15, 0.2) is 0 Å². The maximum absolute atomic E-state index is 6.74. The van der Waals surface area contributed by atoms with Crippen molar-refractivity contribution in [2.24, 2.45) is 0 Å². The van der Waals surface area contributed by atoms with Crippen molar-refractivity contribution in [3.63, 3.8) is 0 Å². The third-order valence-electron chi connectivity index (χ3n) is 18.5. The molecule has 0 saturated heterocycles. The molecule has 0 fully saturated rings. The largest absolute Gasteiger partial charge is 0.455 e. The van der Waals surface area contributed by atoms with E-state index in [0.717, 1.165) is 101 Å². The van der Waals surface area contributed by atoms with Gasteiger partial charge in [0.25, 0.3) is 0 Å². The van der Waals surface area contributed by atoms with E-state index in [-0.39, 0.29) is 0 Å². The SMILES string of the molecule is c1ccc(-c2ccc(-c3ccc(N(c4ccc(-c5cccc6ccccc56)cc4)c4cccc(-c5ccccc5N(c5ccc(-c6ccc7ccccc7c6)cc5)c5ccc(-c6ccc7c(c6)oc6c(-c8ccccc8)cccc67)cc5)c4)cc3)c3ccccc23)cc1. The van der Waals surface area contributed by atoms with Crippen LogP contribution in [0.25, 0.3) is 132 Å². The summed E-state index contributed by atoms with van der Waals surface area (Å²) >= 11 is 0. The molecule has 0 aliphatic rings. The van der Waals surface area contributed by atoms with Gasteiger partial charge in [-0.15, -0.1) is 0 Å². The van der Waals surface area contributed by atoms with E-state index < -0.39 is 0 Å². The van der Waals surface area contributed by atoms with Crippen molar-refractivity contribution in [3.8, 4) is 77.9 Å². The van der Waals surface area contributed by atoms with Crippen LogP contribution in [0.4, 0.5) is 34.1 Å². The van der Waals surface area contributed by atoms with Crippen LogP contribution in [-0.4, -0.2) is 0 Å². The average molecular weight is 1190 g/mol. The summed E-state index contributed by atoms with van der Waals surface area (Å²) in [6.07, 6.45) is 0. The highest BCUT2D eigenvalue weighted by Gasteiger charge is 2.22. The van der Waals surface area contributed by atoms with Crippen LogP contribution in [-0.2, 0) is 0 Å². The van der Waals surface area contributed by atoms with Crippen molar-refractivity contribution in [3.05, 3.63) is 364 Å². The predicted molar refractivity (Wildman–Crippen MR) is 394 cm³/mol. The summed E-state index contributed by atoms with van der Waals surface area (Å²) in [6.45, 7) is 0. The Morgan fingerprint density at radius 2 is 0.602 bits per heavy atom. The van der Waals surface area contributed by atoms with Gasteiger partial charge in [0.1, 0.15) is 11.2 Å². The number of furan rings is 1. The van der Waals surface area contributed by atoms with E-state index in [1.54, 1.807) is 0 Å². The molecular weight excluding hydrogens is 1130 g/mol. The topological polar surface area (TPSA) is 19.6 Å². The van der Waals surface area contributed by atoms with Crippen LogP contribution in [0.3, 0.4) is 0 Å². The molecule has 17 aromatic rings. The van der Waals surface area contributed by atoms with E-state index in [4.69, 9.17) is 4.42 Å². The highest BCUT2D eigenvalue weighted by molar-refractivity contribution is 6.11. The number of benzene rings is 16. The zero-order valence-electron chi connectivity index (χ0n) is 50.9. The number of fused-ring (bicyclic) bond motifs is 6. The Kier molecular flexibility index (Phi) is 13.9. The van der Waals surface area contributed by atoms with Gasteiger partial charge >= 0.3 is 0 Å². The van der Waals surface area contributed by atoms with Crippen LogP contribution in [0.15, 0.2) is 368 Å². The monoisotopic (exact) mass is 1180 g/mol. The number of hydrogen-bond acceptors (Lipinski definition) is 3. The van der Waals surface area contributed by atoms with Crippen LogP contribution in [0.1, 0.15) is 0 Å². The number of nitrogens with zero attached hydrogens (tertiary/aromatic N) is 2. The van der Waals surface area contributed by atoms with Crippen molar-refractivity contribution < 1.29 is 4.42 Å². The molecule has 0 saturated carbocycles. The van der Waals surface area contributed by atoms with E-state index in [9.17, 15) is 0 Å². The molecule has 3 nitrogen and oxygen atoms in total. The van der Waals surface area contributed by atoms with Gasteiger partial charge in [0.05, 0.1) is 5.69 Å². The molecule has 0 unspecified atom stereocenters. The molecule has 436 valence electrons. The maximum Gasteiger partial charge on any atom is 0.143 e. The molecule has 0 radical (unpaired) electrons. The van der Waals surface area contributed by atoms with Gasteiger partial charge in [-0.25, -0.2) is 0 Å². The zero-order chi connectivity index (χ0) is 61.6. The summed E-state index contributed by atoms with van der Waals surface area (Å²) in [5, 5.41) is 9.60. The van der Waals surface area contributed by atoms with E-state index in [1.807, 2.05) is 0 Å². The first-order valence-corrected chi connectivity index (χ1v) is 31.9. The molecular formula is C90H60N2O. The Hall–Kier alpha value is -12.3. The van der Waals surface area contributed by atoms with Crippen molar-refractivity contribution in [2.75, 3.05) is 9.80 Å². The highest BCUT2D eigenvalue weighted by Crippen LogP contribution is 2.46. The molecule has 17 rings (SSSR count). The molecule has 16 aromatic carbocycles. The molecule has 93 heavy (non-hydrogen) atoms. The van der Waals surface area contributed by atoms with E-state index in [1.165, 1.54) is 65.7 Å². The molecule has 0 amide bonds. The summed E-state index contributed by atoms with van der Waals surface area (Å²) in [5.74, 6) is 0. The number of anilines is 6. The Balaban J connectivity index is 0.766. The lowest BCUT2D eigenvalue weighted by Gasteiger charge is -2.29. The third kappa shape index (κ3) is 10.2. The molecule has 1 aromatic heterocycles. The van der Waals surface area contributed by atoms with Crippen molar-refractivity contribution in [1.82, 2.24) is 0 Å². The molecule has 0 atom stereocenters. The van der Waals surface area contributed by atoms with Crippen molar-refractivity contribution in [1.29, 1.82) is 0 Å². The van der Waals surface area contributed by atoms with E-state index in [2.05, 4.69) is 374 Å². The van der Waals surface area contributed by atoms with Crippen LogP contribution < -0.4 is 9.80 Å². The second-order valence-electron chi connectivity index (χ2n) is 23.9. The van der Waals surface area contributed by atoms with E-state index in [0.29, 0.717) is 0 Å². The van der Waals surface area contributed by atoms with Crippen LogP contribution in [0, 0.1) is 0 Å². The quantitative estimate of drug-likeness (QED) is 0.115. The number of hydrogen-bond donors (Lipinski definition) is 0. The minimum Gasteiger partial charge on any atom is -0.455 e. The molecule has 0 bridgehead atoms. The summed E-state index contributed by atoms with van der Waals surface area (Å²) in [4.78, 5) is 4.80. The first-order valence-electron chi connectivity index (χ1n) is 31.9. The summed E-state index contributed by atoms with van der Waals surface area (Å²) in [5.41, 5.74) is 24.2.